The molecule has 2 aliphatic heterocycles. The van der Waals surface area contributed by atoms with E-state index in [9.17, 15) is 21.6 Å². The summed E-state index contributed by atoms with van der Waals surface area (Å²) in [6.07, 6.45) is -2.20. The van der Waals surface area contributed by atoms with Gasteiger partial charge in [0, 0.05) is 42.7 Å². The van der Waals surface area contributed by atoms with Crippen molar-refractivity contribution < 1.29 is 26.0 Å². The number of rotatable bonds is 5. The Kier molecular flexibility index (Phi) is 4.76. The Balaban J connectivity index is 1.49. The normalized spacial score (nSPS) is 21.8. The molecule has 3 heterocycles. The predicted molar refractivity (Wildman–Crippen MR) is 109 cm³/mol. The highest BCUT2D eigenvalue weighted by molar-refractivity contribution is 7.92. The summed E-state index contributed by atoms with van der Waals surface area (Å²) < 4.78 is 73.6. The molecule has 0 radical (unpaired) electrons. The number of nitrogens with zero attached hydrogens (tertiary/aromatic N) is 1. The third kappa shape index (κ3) is 3.79. The van der Waals surface area contributed by atoms with Crippen LogP contribution in [0.1, 0.15) is 17.5 Å². The number of likely N-dealkylation sites (tertiary alicyclic amines) is 1. The number of hydrogen-bond donors (Lipinski definition) is 2. The lowest BCUT2D eigenvalue weighted by molar-refractivity contribution is -0.139. The largest absolute Gasteiger partial charge is 0.464 e. The molecule has 164 valence electrons. The van der Waals surface area contributed by atoms with Crippen molar-refractivity contribution >= 4 is 26.7 Å². The van der Waals surface area contributed by atoms with E-state index in [1.54, 1.807) is 18.2 Å². The van der Waals surface area contributed by atoms with E-state index in [0.29, 0.717) is 29.6 Å². The molecule has 2 aromatic carbocycles. The molecule has 0 spiro atoms. The molecule has 3 aromatic rings. The van der Waals surface area contributed by atoms with E-state index in [-0.39, 0.29) is 5.69 Å². The summed E-state index contributed by atoms with van der Waals surface area (Å²) in [7, 11) is -4.46. The first-order valence-electron chi connectivity index (χ1n) is 9.87. The van der Waals surface area contributed by atoms with Gasteiger partial charge in [0.1, 0.15) is 5.58 Å². The lowest BCUT2D eigenvalue weighted by atomic mass is 10.1. The van der Waals surface area contributed by atoms with Gasteiger partial charge in [0.25, 0.3) is 10.0 Å². The Labute approximate surface area is 177 Å². The van der Waals surface area contributed by atoms with E-state index >= 15 is 0 Å². The Bertz CT molecular complexity index is 1240. The van der Waals surface area contributed by atoms with Crippen LogP contribution in [0.15, 0.2) is 58.0 Å². The fourth-order valence-electron chi connectivity index (χ4n) is 4.54. The Morgan fingerprint density at radius 1 is 1.19 bits per heavy atom. The molecular formula is C21H20F3N3O3S. The highest BCUT2D eigenvalue weighted by Gasteiger charge is 2.38. The smallest absolute Gasteiger partial charge is 0.417 e. The number of piperazine rings is 1. The fourth-order valence-corrected chi connectivity index (χ4v) is 5.81. The van der Waals surface area contributed by atoms with Crippen molar-refractivity contribution in [2.75, 3.05) is 17.8 Å². The first kappa shape index (κ1) is 20.3. The molecule has 2 saturated heterocycles. The zero-order valence-electron chi connectivity index (χ0n) is 16.3. The van der Waals surface area contributed by atoms with Crippen molar-refractivity contribution in [3.63, 3.8) is 0 Å². The van der Waals surface area contributed by atoms with Crippen LogP contribution in [-0.4, -0.2) is 38.5 Å². The minimum absolute atomic E-state index is 0.198. The summed E-state index contributed by atoms with van der Waals surface area (Å²) in [5, 5.41) is 4.12. The number of halogens is 3. The van der Waals surface area contributed by atoms with Crippen LogP contribution in [0.25, 0.3) is 11.0 Å². The number of nitrogens with one attached hydrogen (secondary N) is 2. The summed E-state index contributed by atoms with van der Waals surface area (Å²) >= 11 is 0. The first-order chi connectivity index (χ1) is 14.7. The van der Waals surface area contributed by atoms with Gasteiger partial charge in [-0.3, -0.25) is 9.62 Å². The maximum atomic E-state index is 13.3. The molecule has 1 unspecified atom stereocenters. The number of alkyl halides is 3. The highest BCUT2D eigenvalue weighted by atomic mass is 32.2. The zero-order chi connectivity index (χ0) is 21.8. The van der Waals surface area contributed by atoms with Crippen LogP contribution in [0.5, 0.6) is 0 Å². The topological polar surface area (TPSA) is 74.6 Å². The van der Waals surface area contributed by atoms with Crippen molar-refractivity contribution in [3.05, 3.63) is 59.9 Å². The van der Waals surface area contributed by atoms with Gasteiger partial charge in [-0.15, -0.1) is 0 Å². The van der Waals surface area contributed by atoms with Gasteiger partial charge in [-0.25, -0.2) is 8.42 Å². The van der Waals surface area contributed by atoms with Crippen molar-refractivity contribution in [3.8, 4) is 0 Å². The van der Waals surface area contributed by atoms with E-state index in [4.69, 9.17) is 4.42 Å². The van der Waals surface area contributed by atoms with Gasteiger partial charge in [-0.1, -0.05) is 12.1 Å². The highest BCUT2D eigenvalue weighted by Crippen LogP contribution is 2.35. The van der Waals surface area contributed by atoms with Gasteiger partial charge >= 0.3 is 6.18 Å². The molecule has 2 aliphatic rings. The second-order valence-corrected chi connectivity index (χ2v) is 9.65. The first-order valence-corrected chi connectivity index (χ1v) is 11.4. The van der Waals surface area contributed by atoms with Gasteiger partial charge < -0.3 is 9.73 Å². The molecule has 10 heteroatoms. The predicted octanol–water partition coefficient (Wildman–Crippen LogP) is 3.80. The van der Waals surface area contributed by atoms with E-state index in [0.717, 1.165) is 43.3 Å². The lowest BCUT2D eigenvalue weighted by Gasteiger charge is -2.27. The molecule has 1 aromatic heterocycles. The average molecular weight is 451 g/mol. The SMILES string of the molecule is O=S(=O)(Nc1cc(CN2C[C@@H]3CC2CN3)c2occc2c1)c1ccccc1C(F)(F)F. The molecule has 2 atom stereocenters. The average Bonchev–Trinajstić information content (AvgIpc) is 3.44. The van der Waals surface area contributed by atoms with Gasteiger partial charge in [0.15, 0.2) is 0 Å². The minimum Gasteiger partial charge on any atom is -0.464 e. The second-order valence-electron chi connectivity index (χ2n) is 8.00. The molecule has 2 bridgehead atoms. The van der Waals surface area contributed by atoms with Gasteiger partial charge in [-0.2, -0.15) is 13.2 Å². The maximum absolute atomic E-state index is 13.3. The minimum atomic E-state index is -4.78. The standard InChI is InChI=1S/C21H20F3N3O3S/c22-21(23,24)18-3-1-2-4-19(18)31(28,29)26-15-7-13-5-6-30-20(13)14(8-15)11-27-12-16-9-17(27)10-25-16/h1-8,16-17,25-26H,9-12H2/t16-,17?/m0/s1. The number of sulfonamides is 1. The molecule has 31 heavy (non-hydrogen) atoms. The van der Waals surface area contributed by atoms with Crippen LogP contribution in [0.3, 0.4) is 0 Å². The molecular weight excluding hydrogens is 431 g/mol. The molecule has 2 fully saturated rings. The van der Waals surface area contributed by atoms with Crippen molar-refractivity contribution in [2.24, 2.45) is 0 Å². The molecule has 0 saturated carbocycles. The van der Waals surface area contributed by atoms with Gasteiger partial charge in [0.05, 0.1) is 22.4 Å². The molecule has 5 rings (SSSR count). The Morgan fingerprint density at radius 2 is 2.00 bits per heavy atom. The molecule has 2 N–H and O–H groups in total. The number of fused-ring (bicyclic) bond motifs is 3. The lowest BCUT2D eigenvalue weighted by Crippen LogP contribution is -2.43. The van der Waals surface area contributed by atoms with Crippen LogP contribution in [0.2, 0.25) is 0 Å². The maximum Gasteiger partial charge on any atom is 0.417 e. The summed E-state index contributed by atoms with van der Waals surface area (Å²) in [5.41, 5.74) is 0.433. The fraction of sp³-hybridized carbons (Fsp3) is 0.333. The molecule has 6 nitrogen and oxygen atoms in total. The molecule has 0 aliphatic carbocycles. The number of benzene rings is 2. The van der Waals surface area contributed by atoms with E-state index in [1.807, 2.05) is 0 Å². The van der Waals surface area contributed by atoms with E-state index < -0.39 is 26.7 Å². The quantitative estimate of drug-likeness (QED) is 0.617. The van der Waals surface area contributed by atoms with Gasteiger partial charge in [-0.05, 0) is 36.8 Å². The van der Waals surface area contributed by atoms with Crippen LogP contribution in [0, 0.1) is 0 Å². The van der Waals surface area contributed by atoms with Gasteiger partial charge in [0.2, 0.25) is 0 Å². The van der Waals surface area contributed by atoms with Crippen LogP contribution in [-0.2, 0) is 22.7 Å². The van der Waals surface area contributed by atoms with Crippen molar-refractivity contribution in [2.45, 2.75) is 36.1 Å². The monoisotopic (exact) mass is 451 g/mol. The van der Waals surface area contributed by atoms with E-state index in [2.05, 4.69) is 14.9 Å². The Hall–Kier alpha value is -2.56. The number of anilines is 1. The summed E-state index contributed by atoms with van der Waals surface area (Å²) in [4.78, 5) is 1.51. The molecule has 0 amide bonds. The van der Waals surface area contributed by atoms with Crippen LogP contribution < -0.4 is 10.0 Å². The zero-order valence-corrected chi connectivity index (χ0v) is 17.1. The number of hydrogen-bond acceptors (Lipinski definition) is 5. The van der Waals surface area contributed by atoms with Crippen molar-refractivity contribution in [1.29, 1.82) is 0 Å². The van der Waals surface area contributed by atoms with Crippen LogP contribution in [0.4, 0.5) is 18.9 Å². The second kappa shape index (κ2) is 7.25. The third-order valence-corrected chi connectivity index (χ3v) is 7.35. The number of furan rings is 1. The summed E-state index contributed by atoms with van der Waals surface area (Å²) in [5.74, 6) is 0. The van der Waals surface area contributed by atoms with Crippen molar-refractivity contribution in [1.82, 2.24) is 10.2 Å². The van der Waals surface area contributed by atoms with Crippen LogP contribution >= 0.6 is 0 Å². The third-order valence-electron chi connectivity index (χ3n) is 5.91. The Morgan fingerprint density at radius 3 is 2.71 bits per heavy atom. The summed E-state index contributed by atoms with van der Waals surface area (Å²) in [6.45, 7) is 2.37. The van der Waals surface area contributed by atoms with E-state index in [1.165, 1.54) is 12.3 Å². The summed E-state index contributed by atoms with van der Waals surface area (Å²) in [6, 6.07) is 9.92.